The van der Waals surface area contributed by atoms with Crippen LogP contribution in [-0.4, -0.2) is 34.8 Å². The molecule has 2 heterocycles. The lowest BCUT2D eigenvalue weighted by molar-refractivity contribution is -0.137. The molecule has 1 atom stereocenters. The second kappa shape index (κ2) is 7.45. The maximum Gasteiger partial charge on any atom is 0.323 e. The van der Waals surface area contributed by atoms with Gasteiger partial charge in [-0.25, -0.2) is 8.42 Å². The van der Waals surface area contributed by atoms with E-state index < -0.39 is 16.7 Å². The molecule has 0 spiro atoms. The molecule has 138 valence electrons. The predicted molar refractivity (Wildman–Crippen MR) is 101 cm³/mol. The summed E-state index contributed by atoms with van der Waals surface area (Å²) in [6.45, 7) is 3.77. The minimum absolute atomic E-state index is 0.0796. The number of aromatic nitrogens is 2. The van der Waals surface area contributed by atoms with Crippen LogP contribution in [0.3, 0.4) is 0 Å². The maximum atomic E-state index is 11.2. The monoisotopic (exact) mass is 374 g/mol. The van der Waals surface area contributed by atoms with Crippen LogP contribution >= 0.6 is 0 Å². The number of fused-ring (bicyclic) bond motifs is 1. The van der Waals surface area contributed by atoms with Gasteiger partial charge in [0.1, 0.15) is 17.2 Å². The minimum atomic E-state index is -2.41. The number of aliphatic carboxylic acids is 1. The van der Waals surface area contributed by atoms with Crippen molar-refractivity contribution in [3.63, 3.8) is 0 Å². The van der Waals surface area contributed by atoms with E-state index in [4.69, 9.17) is 0 Å². The Bertz CT molecular complexity index is 991. The Kier molecular flexibility index (Phi) is 5.27. The first-order chi connectivity index (χ1) is 12.3. The Morgan fingerprint density at radius 2 is 2.12 bits per heavy atom. The van der Waals surface area contributed by atoms with Crippen LogP contribution in [0.2, 0.25) is 0 Å². The molecule has 0 aliphatic heterocycles. The molecule has 1 aliphatic rings. The molecule has 0 radical (unpaired) electrons. The first-order valence-corrected chi connectivity index (χ1v) is 9.87. The molecule has 0 amide bonds. The van der Waals surface area contributed by atoms with E-state index in [-0.39, 0.29) is 18.2 Å². The first kappa shape index (κ1) is 18.4. The molecule has 6 nitrogen and oxygen atoms in total. The molecule has 1 unspecified atom stereocenters. The van der Waals surface area contributed by atoms with Gasteiger partial charge in [0.2, 0.25) is 0 Å². The Balaban J connectivity index is 1.92. The van der Waals surface area contributed by atoms with Gasteiger partial charge in [-0.3, -0.25) is 9.78 Å². The number of carboxylic acid groups (broad SMARTS) is 1. The molecule has 0 aromatic carbocycles. The summed E-state index contributed by atoms with van der Waals surface area (Å²) in [6.07, 6.45) is 7.41. The van der Waals surface area contributed by atoms with Crippen molar-refractivity contribution in [1.29, 1.82) is 0 Å². The molecular weight excluding hydrogens is 352 g/mol. The van der Waals surface area contributed by atoms with Crippen LogP contribution in [0.4, 0.5) is 0 Å². The van der Waals surface area contributed by atoms with E-state index in [0.29, 0.717) is 0 Å². The van der Waals surface area contributed by atoms with E-state index in [1.165, 1.54) is 0 Å². The highest BCUT2D eigenvalue weighted by atomic mass is 32.2. The van der Waals surface area contributed by atoms with Crippen LogP contribution in [0.25, 0.3) is 11.0 Å². The number of hydrogen-bond acceptors (Lipinski definition) is 4. The zero-order chi connectivity index (χ0) is 18.8. The zero-order valence-corrected chi connectivity index (χ0v) is 15.7. The molecule has 1 aliphatic carbocycles. The first-order valence-electron chi connectivity index (χ1n) is 8.51. The third kappa shape index (κ3) is 3.88. The number of nitrogens with zero attached hydrogens (tertiary/aromatic N) is 2. The topological polar surface area (TPSA) is 89.3 Å². The number of aryl methyl sites for hydroxylation is 1. The van der Waals surface area contributed by atoms with E-state index in [1.807, 2.05) is 44.2 Å². The lowest BCUT2D eigenvalue weighted by Gasteiger charge is -2.16. The number of carboxylic acids is 1. The number of hydrogen-bond donors (Lipinski definition) is 2. The SMILES string of the molecule is Cc1ccc2c(n1)c(CC1C=CC(C[SH](=O)=O)=CC1)c(C)n2CC(=O)O. The Labute approximate surface area is 153 Å². The smallest absolute Gasteiger partial charge is 0.323 e. The van der Waals surface area contributed by atoms with Gasteiger partial charge in [-0.05, 0) is 55.9 Å². The minimum Gasteiger partial charge on any atom is -0.480 e. The molecular formula is C19H22N2O4S. The van der Waals surface area contributed by atoms with E-state index in [0.717, 1.165) is 46.4 Å². The standard InChI is InChI=1S/C19H22N2O4S/c1-12-3-8-17-19(20-12)16(13(2)21(17)10-18(22)23)9-14-4-6-15(7-5-14)11-26(24)25/h3-4,6-8,14,26H,5,9-11H2,1-2H3,(H,22,23). The lowest BCUT2D eigenvalue weighted by atomic mass is 9.91. The number of pyridine rings is 1. The van der Waals surface area contributed by atoms with Crippen molar-refractivity contribution in [3.8, 4) is 0 Å². The molecule has 0 bridgehead atoms. The van der Waals surface area contributed by atoms with Gasteiger partial charge in [0, 0.05) is 11.4 Å². The molecule has 2 aromatic rings. The quantitative estimate of drug-likeness (QED) is 0.758. The van der Waals surface area contributed by atoms with Gasteiger partial charge in [-0.15, -0.1) is 0 Å². The van der Waals surface area contributed by atoms with Crippen molar-refractivity contribution in [2.45, 2.75) is 33.2 Å². The number of thiol groups is 1. The van der Waals surface area contributed by atoms with Gasteiger partial charge in [0.15, 0.2) is 0 Å². The molecule has 7 heteroatoms. The third-order valence-electron chi connectivity index (χ3n) is 4.77. The zero-order valence-electron chi connectivity index (χ0n) is 14.8. The van der Waals surface area contributed by atoms with Crippen LogP contribution in [0.1, 0.15) is 23.4 Å². The highest BCUT2D eigenvalue weighted by molar-refractivity contribution is 7.72. The summed E-state index contributed by atoms with van der Waals surface area (Å²) >= 11 is 0. The van der Waals surface area contributed by atoms with Crippen molar-refractivity contribution in [2.75, 3.05) is 5.75 Å². The average molecular weight is 374 g/mol. The van der Waals surface area contributed by atoms with Gasteiger partial charge in [0.25, 0.3) is 0 Å². The summed E-state index contributed by atoms with van der Waals surface area (Å²) in [5.74, 6) is -0.557. The van der Waals surface area contributed by atoms with E-state index in [2.05, 4.69) is 4.98 Å². The van der Waals surface area contributed by atoms with E-state index in [9.17, 15) is 18.3 Å². The third-order valence-corrected chi connectivity index (χ3v) is 5.39. The molecule has 0 fully saturated rings. The normalized spacial score (nSPS) is 17.0. The molecule has 26 heavy (non-hydrogen) atoms. The van der Waals surface area contributed by atoms with E-state index >= 15 is 0 Å². The van der Waals surface area contributed by atoms with Crippen molar-refractivity contribution >= 4 is 27.7 Å². The summed E-state index contributed by atoms with van der Waals surface area (Å²) in [4.78, 5) is 15.9. The summed E-state index contributed by atoms with van der Waals surface area (Å²) < 4.78 is 23.5. The van der Waals surface area contributed by atoms with Crippen molar-refractivity contribution in [2.24, 2.45) is 5.92 Å². The van der Waals surface area contributed by atoms with Crippen molar-refractivity contribution < 1.29 is 18.3 Å². The number of carbonyl (C=O) groups is 1. The van der Waals surface area contributed by atoms with Crippen LogP contribution < -0.4 is 0 Å². The number of allylic oxidation sites excluding steroid dienone is 3. The molecule has 2 aromatic heterocycles. The van der Waals surface area contributed by atoms with Crippen LogP contribution in [0, 0.1) is 19.8 Å². The van der Waals surface area contributed by atoms with Crippen LogP contribution in [0.15, 0.2) is 35.9 Å². The predicted octanol–water partition coefficient (Wildman–Crippen LogP) is 2.39. The highest BCUT2D eigenvalue weighted by Crippen LogP contribution is 2.30. The molecule has 0 saturated heterocycles. The molecule has 3 rings (SSSR count). The van der Waals surface area contributed by atoms with Gasteiger partial charge < -0.3 is 9.67 Å². The van der Waals surface area contributed by atoms with Crippen molar-refractivity contribution in [1.82, 2.24) is 9.55 Å². The lowest BCUT2D eigenvalue weighted by Crippen LogP contribution is -2.11. The van der Waals surface area contributed by atoms with Gasteiger partial charge in [-0.1, -0.05) is 18.2 Å². The van der Waals surface area contributed by atoms with Crippen LogP contribution in [-0.2, 0) is 28.5 Å². The van der Waals surface area contributed by atoms with Crippen LogP contribution in [0.5, 0.6) is 0 Å². The fraction of sp³-hybridized carbons (Fsp3) is 0.368. The molecule has 1 N–H and O–H groups in total. The van der Waals surface area contributed by atoms with E-state index in [1.54, 1.807) is 4.57 Å². The van der Waals surface area contributed by atoms with Gasteiger partial charge >= 0.3 is 5.97 Å². The van der Waals surface area contributed by atoms with Gasteiger partial charge in [0.05, 0.1) is 16.8 Å². The maximum absolute atomic E-state index is 11.2. The highest BCUT2D eigenvalue weighted by Gasteiger charge is 2.20. The second-order valence-electron chi connectivity index (χ2n) is 6.69. The Hall–Kier alpha value is -2.41. The van der Waals surface area contributed by atoms with Gasteiger partial charge in [-0.2, -0.15) is 0 Å². The largest absolute Gasteiger partial charge is 0.480 e. The fourth-order valence-corrected chi connectivity index (χ4v) is 4.01. The fourth-order valence-electron chi connectivity index (χ4n) is 3.48. The Morgan fingerprint density at radius 1 is 1.35 bits per heavy atom. The summed E-state index contributed by atoms with van der Waals surface area (Å²) in [5, 5.41) is 9.23. The summed E-state index contributed by atoms with van der Waals surface area (Å²) in [6, 6.07) is 3.82. The molecule has 0 saturated carbocycles. The summed E-state index contributed by atoms with van der Waals surface area (Å²) in [5.41, 5.74) is 5.40. The number of rotatable bonds is 6. The summed E-state index contributed by atoms with van der Waals surface area (Å²) in [7, 11) is -2.41. The average Bonchev–Trinajstić information content (AvgIpc) is 2.81. The van der Waals surface area contributed by atoms with Crippen molar-refractivity contribution in [3.05, 3.63) is 52.9 Å². The Morgan fingerprint density at radius 3 is 2.73 bits per heavy atom. The second-order valence-corrected chi connectivity index (χ2v) is 7.67.